The second-order valence-electron chi connectivity index (χ2n) is 5.40. The van der Waals surface area contributed by atoms with Crippen LogP contribution in [0.2, 0.25) is 0 Å². The van der Waals surface area contributed by atoms with Gasteiger partial charge in [-0.2, -0.15) is 0 Å². The van der Waals surface area contributed by atoms with E-state index in [1.807, 2.05) is 4.90 Å². The van der Waals surface area contributed by atoms with E-state index in [1.165, 1.54) is 12.8 Å². The Balaban J connectivity index is 2.45. The van der Waals surface area contributed by atoms with Gasteiger partial charge < -0.3 is 10.6 Å². The molecule has 0 aromatic rings. The van der Waals surface area contributed by atoms with Crippen LogP contribution in [0.5, 0.6) is 0 Å². The predicted molar refractivity (Wildman–Crippen MR) is 71.7 cm³/mol. The highest BCUT2D eigenvalue weighted by molar-refractivity contribution is 5.77. The Labute approximate surface area is 106 Å². The Kier molecular flexibility index (Phi) is 5.96. The van der Waals surface area contributed by atoms with Crippen LogP contribution in [-0.2, 0) is 4.79 Å². The molecule has 1 amide bonds. The van der Waals surface area contributed by atoms with Gasteiger partial charge in [0.2, 0.25) is 5.91 Å². The summed E-state index contributed by atoms with van der Waals surface area (Å²) in [6.45, 7) is 7.32. The van der Waals surface area contributed by atoms with Crippen molar-refractivity contribution in [1.29, 1.82) is 0 Å². The minimum absolute atomic E-state index is 0.0932. The summed E-state index contributed by atoms with van der Waals surface area (Å²) in [6.07, 6.45) is 6.22. The fourth-order valence-corrected chi connectivity index (χ4v) is 2.15. The Bertz CT molecular complexity index is 238. The van der Waals surface area contributed by atoms with Gasteiger partial charge in [-0.25, -0.2) is 0 Å². The summed E-state index contributed by atoms with van der Waals surface area (Å²) in [5, 5.41) is 0. The first-order valence-corrected chi connectivity index (χ1v) is 7.15. The van der Waals surface area contributed by atoms with Crippen molar-refractivity contribution in [2.45, 2.75) is 71.4 Å². The molecule has 0 aliphatic heterocycles. The van der Waals surface area contributed by atoms with Crippen molar-refractivity contribution in [2.24, 2.45) is 11.7 Å². The van der Waals surface area contributed by atoms with Crippen LogP contribution in [-0.4, -0.2) is 29.4 Å². The van der Waals surface area contributed by atoms with Crippen molar-refractivity contribution < 1.29 is 4.79 Å². The zero-order chi connectivity index (χ0) is 12.8. The molecule has 0 heterocycles. The number of carbonyl (C=O) groups excluding carboxylic acids is 1. The summed E-state index contributed by atoms with van der Waals surface area (Å²) >= 11 is 0. The number of nitrogens with zero attached hydrogens (tertiary/aromatic N) is 1. The predicted octanol–water partition coefficient (Wildman–Crippen LogP) is 2.54. The van der Waals surface area contributed by atoms with E-state index in [0.29, 0.717) is 18.4 Å². The molecule has 3 nitrogen and oxygen atoms in total. The standard InChI is InChI=1S/C14H28N2O/c1-4-6-9-16(11(3)5-2)14(17)10-13(15)12-7-8-12/h11-13H,4-10,15H2,1-3H3. The van der Waals surface area contributed by atoms with Crippen LogP contribution in [0.3, 0.4) is 0 Å². The maximum absolute atomic E-state index is 12.2. The largest absolute Gasteiger partial charge is 0.340 e. The third-order valence-corrected chi connectivity index (χ3v) is 3.83. The minimum Gasteiger partial charge on any atom is -0.340 e. The number of amides is 1. The molecule has 1 fully saturated rings. The van der Waals surface area contributed by atoms with Gasteiger partial charge >= 0.3 is 0 Å². The highest BCUT2D eigenvalue weighted by Gasteiger charge is 2.31. The van der Waals surface area contributed by atoms with Gasteiger partial charge in [-0.05, 0) is 38.5 Å². The zero-order valence-corrected chi connectivity index (χ0v) is 11.6. The van der Waals surface area contributed by atoms with E-state index >= 15 is 0 Å². The molecule has 100 valence electrons. The molecule has 0 aromatic heterocycles. The highest BCUT2D eigenvalue weighted by Crippen LogP contribution is 2.33. The van der Waals surface area contributed by atoms with Gasteiger partial charge in [0, 0.05) is 25.0 Å². The van der Waals surface area contributed by atoms with Gasteiger partial charge in [-0.3, -0.25) is 4.79 Å². The number of carbonyl (C=O) groups is 1. The fraction of sp³-hybridized carbons (Fsp3) is 0.929. The molecule has 0 aromatic carbocycles. The summed E-state index contributed by atoms with van der Waals surface area (Å²) in [4.78, 5) is 14.3. The molecule has 2 unspecified atom stereocenters. The molecule has 2 N–H and O–H groups in total. The van der Waals surface area contributed by atoms with Crippen LogP contribution in [0.1, 0.15) is 59.3 Å². The molecule has 1 rings (SSSR count). The fourth-order valence-electron chi connectivity index (χ4n) is 2.15. The SMILES string of the molecule is CCCCN(C(=O)CC(N)C1CC1)C(C)CC. The Morgan fingerprint density at radius 2 is 2.06 bits per heavy atom. The lowest BCUT2D eigenvalue weighted by Crippen LogP contribution is -2.42. The van der Waals surface area contributed by atoms with Crippen LogP contribution in [0.4, 0.5) is 0 Å². The van der Waals surface area contributed by atoms with Gasteiger partial charge in [0.1, 0.15) is 0 Å². The minimum atomic E-state index is 0.0932. The number of nitrogens with two attached hydrogens (primary N) is 1. The number of unbranched alkanes of at least 4 members (excludes halogenated alkanes) is 1. The first-order chi connectivity index (χ1) is 8.10. The molecule has 0 bridgehead atoms. The van der Waals surface area contributed by atoms with Gasteiger partial charge in [0.25, 0.3) is 0 Å². The third-order valence-electron chi connectivity index (χ3n) is 3.83. The maximum atomic E-state index is 12.2. The third kappa shape index (κ3) is 4.66. The molecule has 2 atom stereocenters. The van der Waals surface area contributed by atoms with Crippen LogP contribution in [0.15, 0.2) is 0 Å². The molecule has 0 spiro atoms. The van der Waals surface area contributed by atoms with Crippen LogP contribution < -0.4 is 5.73 Å². The zero-order valence-electron chi connectivity index (χ0n) is 11.6. The smallest absolute Gasteiger partial charge is 0.224 e. The van der Waals surface area contributed by atoms with Crippen LogP contribution in [0.25, 0.3) is 0 Å². The van der Waals surface area contributed by atoms with Crippen molar-refractivity contribution in [2.75, 3.05) is 6.54 Å². The van der Waals surface area contributed by atoms with E-state index in [-0.39, 0.29) is 11.9 Å². The Morgan fingerprint density at radius 3 is 2.53 bits per heavy atom. The van der Waals surface area contributed by atoms with Crippen molar-refractivity contribution in [3.05, 3.63) is 0 Å². The van der Waals surface area contributed by atoms with Crippen molar-refractivity contribution in [3.8, 4) is 0 Å². The monoisotopic (exact) mass is 240 g/mol. The van der Waals surface area contributed by atoms with E-state index in [9.17, 15) is 4.79 Å². The lowest BCUT2D eigenvalue weighted by molar-refractivity contribution is -0.133. The van der Waals surface area contributed by atoms with E-state index in [2.05, 4.69) is 20.8 Å². The molecule has 17 heavy (non-hydrogen) atoms. The van der Waals surface area contributed by atoms with Gasteiger partial charge in [-0.15, -0.1) is 0 Å². The van der Waals surface area contributed by atoms with Gasteiger partial charge in [-0.1, -0.05) is 20.3 Å². The Morgan fingerprint density at radius 1 is 1.41 bits per heavy atom. The number of rotatable bonds is 8. The maximum Gasteiger partial charge on any atom is 0.224 e. The second-order valence-corrected chi connectivity index (χ2v) is 5.40. The molecule has 1 saturated carbocycles. The topological polar surface area (TPSA) is 46.3 Å². The molecular weight excluding hydrogens is 212 g/mol. The first kappa shape index (κ1) is 14.5. The van der Waals surface area contributed by atoms with E-state index < -0.39 is 0 Å². The Hall–Kier alpha value is -0.570. The average Bonchev–Trinajstić information content (AvgIpc) is 3.12. The van der Waals surface area contributed by atoms with E-state index in [1.54, 1.807) is 0 Å². The van der Waals surface area contributed by atoms with Gasteiger partial charge in [0.05, 0.1) is 0 Å². The summed E-state index contributed by atoms with van der Waals surface area (Å²) in [5.41, 5.74) is 6.04. The van der Waals surface area contributed by atoms with Crippen LogP contribution >= 0.6 is 0 Å². The van der Waals surface area contributed by atoms with Crippen molar-refractivity contribution in [3.63, 3.8) is 0 Å². The van der Waals surface area contributed by atoms with E-state index in [4.69, 9.17) is 5.73 Å². The molecule has 1 aliphatic rings. The van der Waals surface area contributed by atoms with Crippen molar-refractivity contribution >= 4 is 5.91 Å². The van der Waals surface area contributed by atoms with Crippen LogP contribution in [0, 0.1) is 5.92 Å². The molecule has 0 saturated heterocycles. The second kappa shape index (κ2) is 7.00. The van der Waals surface area contributed by atoms with Crippen molar-refractivity contribution in [1.82, 2.24) is 4.90 Å². The summed E-state index contributed by atoms with van der Waals surface area (Å²) in [7, 11) is 0. The number of hydrogen-bond donors (Lipinski definition) is 1. The average molecular weight is 240 g/mol. The lowest BCUT2D eigenvalue weighted by atomic mass is 10.1. The van der Waals surface area contributed by atoms with Gasteiger partial charge in [0.15, 0.2) is 0 Å². The molecular formula is C14H28N2O. The molecule has 0 radical (unpaired) electrons. The summed E-state index contributed by atoms with van der Waals surface area (Å²) in [5.74, 6) is 0.871. The number of hydrogen-bond acceptors (Lipinski definition) is 2. The normalized spacial score (nSPS) is 18.8. The quantitative estimate of drug-likeness (QED) is 0.708. The first-order valence-electron chi connectivity index (χ1n) is 7.15. The lowest BCUT2D eigenvalue weighted by Gasteiger charge is -2.29. The molecule has 1 aliphatic carbocycles. The summed E-state index contributed by atoms with van der Waals surface area (Å²) in [6, 6.07) is 0.441. The highest BCUT2D eigenvalue weighted by atomic mass is 16.2. The van der Waals surface area contributed by atoms with E-state index in [0.717, 1.165) is 25.8 Å². The summed E-state index contributed by atoms with van der Waals surface area (Å²) < 4.78 is 0. The molecule has 3 heteroatoms.